The lowest BCUT2D eigenvalue weighted by atomic mass is 10.2. The van der Waals surface area contributed by atoms with Gasteiger partial charge in [-0.05, 0) is 23.8 Å². The minimum absolute atomic E-state index is 0.114. The first-order chi connectivity index (χ1) is 10.9. The van der Waals surface area contributed by atoms with Crippen LogP contribution in [0.2, 0.25) is 5.02 Å². The van der Waals surface area contributed by atoms with Gasteiger partial charge in [0.2, 0.25) is 10.0 Å². The molecule has 0 aliphatic rings. The molecule has 0 aliphatic carbocycles. The van der Waals surface area contributed by atoms with E-state index in [0.717, 1.165) is 5.56 Å². The number of aromatic nitrogens is 1. The number of rotatable bonds is 6. The van der Waals surface area contributed by atoms with Crippen LogP contribution in [0.1, 0.15) is 19.4 Å². The van der Waals surface area contributed by atoms with Crippen LogP contribution in [0.4, 0.5) is 0 Å². The van der Waals surface area contributed by atoms with Crippen molar-refractivity contribution in [2.75, 3.05) is 13.1 Å². The lowest BCUT2D eigenvalue weighted by Crippen LogP contribution is -2.32. The monoisotopic (exact) mass is 354 g/mol. The molecule has 7 heteroatoms. The summed E-state index contributed by atoms with van der Waals surface area (Å²) in [6, 6.07) is 9.75. The van der Waals surface area contributed by atoms with Crippen molar-refractivity contribution in [3.63, 3.8) is 0 Å². The average Bonchev–Trinajstić information content (AvgIpc) is 2.50. The normalized spacial score (nSPS) is 11.8. The Morgan fingerprint density at radius 2 is 1.83 bits per heavy atom. The zero-order valence-electron chi connectivity index (χ0n) is 13.1. The molecule has 0 fully saturated rings. The Balaban J connectivity index is 2.42. The molecular formula is C16H19ClN2O3S. The van der Waals surface area contributed by atoms with Crippen molar-refractivity contribution in [3.8, 4) is 0 Å². The summed E-state index contributed by atoms with van der Waals surface area (Å²) in [5, 5.41) is 0.572. The van der Waals surface area contributed by atoms with Gasteiger partial charge in [-0.2, -0.15) is 4.31 Å². The molecule has 1 aromatic heterocycles. The van der Waals surface area contributed by atoms with Crippen molar-refractivity contribution in [1.82, 2.24) is 8.87 Å². The molecule has 2 rings (SSSR count). The zero-order chi connectivity index (χ0) is 17.0. The van der Waals surface area contributed by atoms with Gasteiger partial charge in [-0.3, -0.25) is 4.79 Å². The SMILES string of the molecule is CCN(CC)S(=O)(=O)c1ccc(=O)n(Cc2cccc(Cl)c2)c1. The number of halogens is 1. The number of sulfonamides is 1. The Morgan fingerprint density at radius 3 is 2.43 bits per heavy atom. The lowest BCUT2D eigenvalue weighted by molar-refractivity contribution is 0.444. The topological polar surface area (TPSA) is 59.4 Å². The Hall–Kier alpha value is -1.63. The second-order valence-electron chi connectivity index (χ2n) is 5.05. The van der Waals surface area contributed by atoms with E-state index in [-0.39, 0.29) is 17.0 Å². The van der Waals surface area contributed by atoms with E-state index in [2.05, 4.69) is 0 Å². The van der Waals surface area contributed by atoms with Crippen LogP contribution in [-0.2, 0) is 16.6 Å². The van der Waals surface area contributed by atoms with Gasteiger partial charge in [0.25, 0.3) is 5.56 Å². The van der Waals surface area contributed by atoms with E-state index >= 15 is 0 Å². The summed E-state index contributed by atoms with van der Waals surface area (Å²) in [5.41, 5.74) is 0.570. The molecule has 0 N–H and O–H groups in total. The first-order valence-electron chi connectivity index (χ1n) is 7.33. The number of benzene rings is 1. The molecule has 0 aliphatic heterocycles. The Labute approximate surface area is 141 Å². The second kappa shape index (κ2) is 7.29. The smallest absolute Gasteiger partial charge is 0.250 e. The standard InChI is InChI=1S/C16H19ClN2O3S/c1-3-19(4-2)23(21,22)15-8-9-16(20)18(12-15)11-13-6-5-7-14(17)10-13/h5-10,12H,3-4,11H2,1-2H3. The summed E-state index contributed by atoms with van der Waals surface area (Å²) >= 11 is 5.94. The van der Waals surface area contributed by atoms with Crippen molar-refractivity contribution >= 4 is 21.6 Å². The molecule has 23 heavy (non-hydrogen) atoms. The summed E-state index contributed by atoms with van der Waals surface area (Å²) in [7, 11) is -3.59. The highest BCUT2D eigenvalue weighted by Gasteiger charge is 2.22. The van der Waals surface area contributed by atoms with E-state index in [0.29, 0.717) is 18.1 Å². The fourth-order valence-corrected chi connectivity index (χ4v) is 4.02. The molecule has 0 unspecified atom stereocenters. The minimum Gasteiger partial charge on any atom is -0.310 e. The predicted octanol–water partition coefficient (Wildman–Crippen LogP) is 2.58. The van der Waals surface area contributed by atoms with E-state index in [4.69, 9.17) is 11.6 Å². The summed E-state index contributed by atoms with van der Waals surface area (Å²) in [4.78, 5) is 12.1. The van der Waals surface area contributed by atoms with E-state index in [1.807, 2.05) is 6.07 Å². The van der Waals surface area contributed by atoms with Crippen LogP contribution < -0.4 is 5.56 Å². The van der Waals surface area contributed by atoms with Crippen molar-refractivity contribution in [2.24, 2.45) is 0 Å². The van der Waals surface area contributed by atoms with Crippen molar-refractivity contribution in [2.45, 2.75) is 25.3 Å². The molecule has 0 saturated heterocycles. The summed E-state index contributed by atoms with van der Waals surface area (Å²) in [6.45, 7) is 4.59. The molecule has 124 valence electrons. The van der Waals surface area contributed by atoms with Gasteiger partial charge in [0, 0.05) is 30.4 Å². The van der Waals surface area contributed by atoms with Gasteiger partial charge in [-0.15, -0.1) is 0 Å². The first kappa shape index (κ1) is 17.7. The van der Waals surface area contributed by atoms with Gasteiger partial charge >= 0.3 is 0 Å². The molecule has 1 heterocycles. The van der Waals surface area contributed by atoms with Crippen LogP contribution in [0.5, 0.6) is 0 Å². The highest BCUT2D eigenvalue weighted by atomic mass is 35.5. The third-order valence-electron chi connectivity index (χ3n) is 3.54. The zero-order valence-corrected chi connectivity index (χ0v) is 14.6. The summed E-state index contributed by atoms with van der Waals surface area (Å²) in [6.07, 6.45) is 1.39. The average molecular weight is 355 g/mol. The number of pyridine rings is 1. The quantitative estimate of drug-likeness (QED) is 0.801. The molecule has 2 aromatic rings. The van der Waals surface area contributed by atoms with Gasteiger partial charge < -0.3 is 4.57 Å². The lowest BCUT2D eigenvalue weighted by Gasteiger charge is -2.19. The molecule has 0 amide bonds. The van der Waals surface area contributed by atoms with E-state index in [1.54, 1.807) is 32.0 Å². The number of nitrogens with zero attached hydrogens (tertiary/aromatic N) is 2. The third-order valence-corrected chi connectivity index (χ3v) is 5.81. The predicted molar refractivity (Wildman–Crippen MR) is 91.4 cm³/mol. The van der Waals surface area contributed by atoms with Crippen LogP contribution in [0, 0.1) is 0 Å². The largest absolute Gasteiger partial charge is 0.310 e. The Morgan fingerprint density at radius 1 is 1.13 bits per heavy atom. The maximum atomic E-state index is 12.6. The maximum Gasteiger partial charge on any atom is 0.250 e. The molecule has 0 saturated carbocycles. The molecule has 0 bridgehead atoms. The van der Waals surface area contributed by atoms with Crippen molar-refractivity contribution in [3.05, 3.63) is 63.5 Å². The number of hydrogen-bond acceptors (Lipinski definition) is 3. The van der Waals surface area contributed by atoms with E-state index < -0.39 is 10.0 Å². The van der Waals surface area contributed by atoms with Crippen LogP contribution in [0.3, 0.4) is 0 Å². The minimum atomic E-state index is -3.59. The van der Waals surface area contributed by atoms with E-state index in [1.165, 1.54) is 27.2 Å². The highest BCUT2D eigenvalue weighted by molar-refractivity contribution is 7.89. The summed E-state index contributed by atoms with van der Waals surface area (Å²) < 4.78 is 27.8. The molecule has 0 radical (unpaired) electrons. The Bertz CT molecular complexity index is 842. The van der Waals surface area contributed by atoms with Gasteiger partial charge in [-0.25, -0.2) is 8.42 Å². The van der Waals surface area contributed by atoms with Crippen LogP contribution >= 0.6 is 11.6 Å². The first-order valence-corrected chi connectivity index (χ1v) is 9.15. The Kier molecular flexibility index (Phi) is 5.62. The number of hydrogen-bond donors (Lipinski definition) is 0. The van der Waals surface area contributed by atoms with Crippen LogP contribution in [-0.4, -0.2) is 30.4 Å². The van der Waals surface area contributed by atoms with Gasteiger partial charge in [0.15, 0.2) is 0 Å². The van der Waals surface area contributed by atoms with Crippen molar-refractivity contribution in [1.29, 1.82) is 0 Å². The fraction of sp³-hybridized carbons (Fsp3) is 0.312. The maximum absolute atomic E-state index is 12.6. The third kappa shape index (κ3) is 4.02. The molecule has 0 atom stereocenters. The molecular weight excluding hydrogens is 336 g/mol. The van der Waals surface area contributed by atoms with E-state index in [9.17, 15) is 13.2 Å². The van der Waals surface area contributed by atoms with Crippen molar-refractivity contribution < 1.29 is 8.42 Å². The second-order valence-corrected chi connectivity index (χ2v) is 7.42. The summed E-state index contributed by atoms with van der Waals surface area (Å²) in [5.74, 6) is 0. The van der Waals surface area contributed by atoms with Gasteiger partial charge in [-0.1, -0.05) is 37.6 Å². The van der Waals surface area contributed by atoms with Gasteiger partial charge in [0.1, 0.15) is 0 Å². The fourth-order valence-electron chi connectivity index (χ4n) is 2.33. The van der Waals surface area contributed by atoms with Crippen LogP contribution in [0.15, 0.2) is 52.3 Å². The van der Waals surface area contributed by atoms with Crippen LogP contribution in [0.25, 0.3) is 0 Å². The molecule has 5 nitrogen and oxygen atoms in total. The highest BCUT2D eigenvalue weighted by Crippen LogP contribution is 2.15. The molecule has 0 spiro atoms. The van der Waals surface area contributed by atoms with Gasteiger partial charge in [0.05, 0.1) is 11.4 Å². The molecule has 1 aromatic carbocycles.